The topological polar surface area (TPSA) is 154 Å². The number of aliphatic hydroxyl groups is 1. The molecule has 0 aliphatic carbocycles. The molecule has 0 aliphatic rings. The van der Waals surface area contributed by atoms with Crippen molar-refractivity contribution >= 4 is 18.0 Å². The van der Waals surface area contributed by atoms with Gasteiger partial charge in [-0.1, -0.05) is 36.4 Å². The maximum Gasteiger partial charge on any atom is 0.408 e. The standard InChI is InChI=1S/C23H28N2O8/c1-23(2,3)33-22(31)24-16(11-15-9-10-17(26)18(27)12-15)19(28)25-20(29)21(30)32-13-14-7-5-4-6-8-14/h4-10,12,16,20,26-27,29H,11,13H2,1-3H3,(H,24,31)(H,25,28)/t16-,20?/m0/s1. The van der Waals surface area contributed by atoms with Crippen molar-refractivity contribution in [2.24, 2.45) is 0 Å². The maximum atomic E-state index is 12.7. The Bertz CT molecular complexity index is 972. The predicted molar refractivity (Wildman–Crippen MR) is 117 cm³/mol. The van der Waals surface area contributed by atoms with Gasteiger partial charge in [-0.15, -0.1) is 0 Å². The van der Waals surface area contributed by atoms with E-state index in [1.165, 1.54) is 18.2 Å². The third-order valence-electron chi connectivity index (χ3n) is 4.21. The molecule has 10 nitrogen and oxygen atoms in total. The van der Waals surface area contributed by atoms with Gasteiger partial charge in [0.1, 0.15) is 18.2 Å². The Morgan fingerprint density at radius 1 is 0.939 bits per heavy atom. The SMILES string of the molecule is CC(C)(C)OC(=O)N[C@@H](Cc1ccc(O)c(O)c1)C(=O)NC(O)C(=O)OCc1ccccc1. The average molecular weight is 460 g/mol. The molecule has 0 fully saturated rings. The molecule has 1 unspecified atom stereocenters. The van der Waals surface area contributed by atoms with Crippen molar-refractivity contribution in [2.75, 3.05) is 0 Å². The Hall–Kier alpha value is -3.79. The molecular formula is C23H28N2O8. The van der Waals surface area contributed by atoms with Gasteiger partial charge in [0, 0.05) is 6.42 Å². The lowest BCUT2D eigenvalue weighted by atomic mass is 10.0. The number of aliphatic hydroxyl groups excluding tert-OH is 1. The van der Waals surface area contributed by atoms with E-state index in [4.69, 9.17) is 9.47 Å². The quantitative estimate of drug-likeness (QED) is 0.227. The smallest absolute Gasteiger partial charge is 0.408 e. The van der Waals surface area contributed by atoms with Gasteiger partial charge in [0.25, 0.3) is 0 Å². The van der Waals surface area contributed by atoms with Crippen LogP contribution in [-0.4, -0.2) is 51.2 Å². The lowest BCUT2D eigenvalue weighted by Gasteiger charge is -2.24. The Balaban J connectivity index is 2.06. The van der Waals surface area contributed by atoms with Crippen LogP contribution >= 0.6 is 0 Å². The minimum absolute atomic E-state index is 0.0982. The number of phenolic OH excluding ortho intramolecular Hbond substituents is 2. The van der Waals surface area contributed by atoms with E-state index < -0.39 is 41.6 Å². The summed E-state index contributed by atoms with van der Waals surface area (Å²) in [4.78, 5) is 37.0. The van der Waals surface area contributed by atoms with E-state index in [1.807, 2.05) is 0 Å². The number of ether oxygens (including phenoxy) is 2. The summed E-state index contributed by atoms with van der Waals surface area (Å²) in [6.07, 6.45) is -3.01. The minimum Gasteiger partial charge on any atom is -0.504 e. The summed E-state index contributed by atoms with van der Waals surface area (Å²) in [6.45, 7) is 4.84. The molecule has 0 saturated heterocycles. The van der Waals surface area contributed by atoms with Gasteiger partial charge in [0.05, 0.1) is 0 Å². The number of aromatic hydroxyl groups is 2. The number of amides is 2. The Labute approximate surface area is 191 Å². The number of alkyl carbamates (subject to hydrolysis) is 1. The maximum absolute atomic E-state index is 12.7. The fraction of sp³-hybridized carbons (Fsp3) is 0.348. The summed E-state index contributed by atoms with van der Waals surface area (Å²) in [5, 5.41) is 33.7. The predicted octanol–water partition coefficient (Wildman–Crippen LogP) is 1.71. The van der Waals surface area contributed by atoms with Gasteiger partial charge in [-0.05, 0) is 44.0 Å². The van der Waals surface area contributed by atoms with Gasteiger partial charge < -0.3 is 35.4 Å². The van der Waals surface area contributed by atoms with Crippen LogP contribution in [-0.2, 0) is 32.1 Å². The van der Waals surface area contributed by atoms with Crippen LogP contribution < -0.4 is 10.6 Å². The minimum atomic E-state index is -1.97. The van der Waals surface area contributed by atoms with E-state index >= 15 is 0 Å². The van der Waals surface area contributed by atoms with E-state index in [1.54, 1.807) is 51.1 Å². The summed E-state index contributed by atoms with van der Waals surface area (Å²) in [7, 11) is 0. The fourth-order valence-electron chi connectivity index (χ4n) is 2.69. The van der Waals surface area contributed by atoms with Crippen molar-refractivity contribution in [1.29, 1.82) is 0 Å². The summed E-state index contributed by atoms with van der Waals surface area (Å²) in [5.41, 5.74) is 0.256. The van der Waals surface area contributed by atoms with Crippen LogP contribution in [0.5, 0.6) is 11.5 Å². The third kappa shape index (κ3) is 8.69. The van der Waals surface area contributed by atoms with Gasteiger partial charge in [-0.2, -0.15) is 0 Å². The molecule has 2 aromatic rings. The first-order valence-electron chi connectivity index (χ1n) is 10.1. The van der Waals surface area contributed by atoms with Crippen LogP contribution in [0.4, 0.5) is 4.79 Å². The van der Waals surface area contributed by atoms with Crippen molar-refractivity contribution in [1.82, 2.24) is 10.6 Å². The molecule has 5 N–H and O–H groups in total. The van der Waals surface area contributed by atoms with Crippen LogP contribution in [0.15, 0.2) is 48.5 Å². The summed E-state index contributed by atoms with van der Waals surface area (Å²) < 4.78 is 10.2. The van der Waals surface area contributed by atoms with Gasteiger partial charge >= 0.3 is 12.1 Å². The molecule has 2 amide bonds. The molecule has 0 saturated carbocycles. The van der Waals surface area contributed by atoms with E-state index in [0.717, 1.165) is 0 Å². The molecule has 2 aromatic carbocycles. The molecule has 0 aliphatic heterocycles. The van der Waals surface area contributed by atoms with Gasteiger partial charge in [0.2, 0.25) is 12.1 Å². The van der Waals surface area contributed by atoms with Crippen molar-refractivity contribution in [3.8, 4) is 11.5 Å². The second-order valence-electron chi connectivity index (χ2n) is 8.23. The summed E-state index contributed by atoms with van der Waals surface area (Å²) >= 11 is 0. The number of nitrogens with one attached hydrogen (secondary N) is 2. The number of rotatable bonds is 8. The van der Waals surface area contributed by atoms with Crippen molar-refractivity contribution < 1.29 is 39.2 Å². The lowest BCUT2D eigenvalue weighted by molar-refractivity contribution is -0.159. The second kappa shape index (κ2) is 11.2. The highest BCUT2D eigenvalue weighted by Crippen LogP contribution is 2.25. The third-order valence-corrected chi connectivity index (χ3v) is 4.21. The molecule has 2 rings (SSSR count). The highest BCUT2D eigenvalue weighted by atomic mass is 16.6. The zero-order valence-corrected chi connectivity index (χ0v) is 18.6. The Morgan fingerprint density at radius 3 is 2.21 bits per heavy atom. The van der Waals surface area contributed by atoms with Crippen LogP contribution in [0.2, 0.25) is 0 Å². The Morgan fingerprint density at radius 2 is 1.61 bits per heavy atom. The molecule has 0 heterocycles. The van der Waals surface area contributed by atoms with Crippen LogP contribution in [0.25, 0.3) is 0 Å². The summed E-state index contributed by atoms with van der Waals surface area (Å²) in [5.74, 6) is -2.73. The molecule has 178 valence electrons. The van der Waals surface area contributed by atoms with E-state index in [9.17, 15) is 29.7 Å². The highest BCUT2D eigenvalue weighted by Gasteiger charge is 2.28. The lowest BCUT2D eigenvalue weighted by Crippen LogP contribution is -2.53. The van der Waals surface area contributed by atoms with E-state index in [0.29, 0.717) is 11.1 Å². The molecule has 33 heavy (non-hydrogen) atoms. The van der Waals surface area contributed by atoms with Gasteiger partial charge in [-0.25, -0.2) is 9.59 Å². The van der Waals surface area contributed by atoms with Gasteiger partial charge in [0.15, 0.2) is 11.5 Å². The van der Waals surface area contributed by atoms with E-state index in [2.05, 4.69) is 10.6 Å². The first-order chi connectivity index (χ1) is 15.4. The van der Waals surface area contributed by atoms with Crippen molar-refractivity contribution in [3.05, 3.63) is 59.7 Å². The number of carbonyl (C=O) groups excluding carboxylic acids is 3. The number of hydrogen-bond acceptors (Lipinski definition) is 8. The number of esters is 1. The van der Waals surface area contributed by atoms with Gasteiger partial charge in [-0.3, -0.25) is 4.79 Å². The van der Waals surface area contributed by atoms with Crippen LogP contribution in [0.1, 0.15) is 31.9 Å². The monoisotopic (exact) mass is 460 g/mol. The van der Waals surface area contributed by atoms with Crippen molar-refractivity contribution in [3.63, 3.8) is 0 Å². The highest BCUT2D eigenvalue weighted by molar-refractivity contribution is 5.89. The van der Waals surface area contributed by atoms with Crippen LogP contribution in [0, 0.1) is 0 Å². The average Bonchev–Trinajstić information content (AvgIpc) is 2.73. The first kappa shape index (κ1) is 25.5. The molecular weight excluding hydrogens is 432 g/mol. The second-order valence-corrected chi connectivity index (χ2v) is 8.23. The van der Waals surface area contributed by atoms with E-state index in [-0.39, 0.29) is 18.8 Å². The number of phenols is 2. The Kier molecular flexibility index (Phi) is 8.63. The zero-order valence-electron chi connectivity index (χ0n) is 18.6. The van der Waals surface area contributed by atoms with Crippen molar-refractivity contribution in [2.45, 2.75) is 51.7 Å². The number of hydrogen-bond donors (Lipinski definition) is 5. The number of carbonyl (C=O) groups is 3. The molecule has 2 atom stereocenters. The largest absolute Gasteiger partial charge is 0.504 e. The van der Waals surface area contributed by atoms with Crippen LogP contribution in [0.3, 0.4) is 0 Å². The molecule has 0 spiro atoms. The molecule has 0 radical (unpaired) electrons. The normalized spacial score (nSPS) is 12.8. The fourth-order valence-corrected chi connectivity index (χ4v) is 2.69. The summed E-state index contributed by atoms with van der Waals surface area (Å²) in [6, 6.07) is 11.4. The number of benzene rings is 2. The molecule has 0 aromatic heterocycles. The molecule has 0 bridgehead atoms. The zero-order chi connectivity index (χ0) is 24.6. The molecule has 10 heteroatoms. The first-order valence-corrected chi connectivity index (χ1v) is 10.1.